The van der Waals surface area contributed by atoms with Crippen molar-refractivity contribution in [3.8, 4) is 11.5 Å². The Morgan fingerprint density at radius 2 is 2.19 bits per heavy atom. The van der Waals surface area contributed by atoms with Gasteiger partial charge < -0.3 is 20.5 Å². The van der Waals surface area contributed by atoms with Gasteiger partial charge in [0.15, 0.2) is 11.5 Å². The molecular weight excluding hydrogens is 268 g/mol. The van der Waals surface area contributed by atoms with E-state index in [-0.39, 0.29) is 24.7 Å². The van der Waals surface area contributed by atoms with Crippen molar-refractivity contribution in [2.24, 2.45) is 17.6 Å². The molecule has 1 fully saturated rings. The molecule has 0 spiro atoms. The van der Waals surface area contributed by atoms with E-state index in [0.717, 1.165) is 36.3 Å². The smallest absolute Gasteiger partial charge is 0.231 e. The van der Waals surface area contributed by atoms with Crippen LogP contribution in [0.2, 0.25) is 0 Å². The van der Waals surface area contributed by atoms with Crippen molar-refractivity contribution in [3.05, 3.63) is 23.8 Å². The Hall–Kier alpha value is -1.75. The summed E-state index contributed by atoms with van der Waals surface area (Å²) >= 11 is 0. The second kappa shape index (κ2) is 5.93. The lowest BCUT2D eigenvalue weighted by Gasteiger charge is -2.21. The molecule has 1 heterocycles. The maximum atomic E-state index is 12.4. The van der Waals surface area contributed by atoms with E-state index < -0.39 is 0 Å². The summed E-state index contributed by atoms with van der Waals surface area (Å²) in [6, 6.07) is 5.74. The zero-order valence-corrected chi connectivity index (χ0v) is 12.3. The minimum absolute atomic E-state index is 0.0500. The molecule has 3 atom stereocenters. The summed E-state index contributed by atoms with van der Waals surface area (Å²) in [6.45, 7) is 2.85. The van der Waals surface area contributed by atoms with Crippen LogP contribution in [0.1, 0.15) is 37.8 Å². The number of hydrogen-bond acceptors (Lipinski definition) is 4. The van der Waals surface area contributed by atoms with Crippen molar-refractivity contribution in [3.63, 3.8) is 0 Å². The third-order valence-electron chi connectivity index (χ3n) is 4.55. The van der Waals surface area contributed by atoms with Crippen LogP contribution in [0.5, 0.6) is 11.5 Å². The van der Waals surface area contributed by atoms with E-state index >= 15 is 0 Å². The highest BCUT2D eigenvalue weighted by Gasteiger charge is 2.32. The fourth-order valence-electron chi connectivity index (χ4n) is 3.25. The number of fused-ring (bicyclic) bond motifs is 1. The van der Waals surface area contributed by atoms with Gasteiger partial charge in [0, 0.05) is 5.92 Å². The molecule has 114 valence electrons. The van der Waals surface area contributed by atoms with E-state index in [1.54, 1.807) is 0 Å². The summed E-state index contributed by atoms with van der Waals surface area (Å²) in [6.07, 6.45) is 3.10. The van der Waals surface area contributed by atoms with Crippen LogP contribution in [0.4, 0.5) is 0 Å². The van der Waals surface area contributed by atoms with Crippen LogP contribution in [0.3, 0.4) is 0 Å². The van der Waals surface area contributed by atoms with Crippen LogP contribution in [0.15, 0.2) is 18.2 Å². The Morgan fingerprint density at radius 1 is 1.38 bits per heavy atom. The molecule has 1 unspecified atom stereocenters. The van der Waals surface area contributed by atoms with Crippen LogP contribution in [0, 0.1) is 11.8 Å². The summed E-state index contributed by atoms with van der Waals surface area (Å²) in [5, 5.41) is 3.10. The molecular formula is C16H22N2O3. The van der Waals surface area contributed by atoms with Gasteiger partial charge in [-0.15, -0.1) is 0 Å². The maximum Gasteiger partial charge on any atom is 0.231 e. The van der Waals surface area contributed by atoms with Crippen molar-refractivity contribution in [2.45, 2.75) is 32.2 Å². The first kappa shape index (κ1) is 14.2. The van der Waals surface area contributed by atoms with Crippen LogP contribution < -0.4 is 20.5 Å². The molecule has 1 aliphatic carbocycles. The second-order valence-electron chi connectivity index (χ2n) is 5.88. The maximum absolute atomic E-state index is 12.4. The van der Waals surface area contributed by atoms with Crippen molar-refractivity contribution in [1.82, 2.24) is 5.32 Å². The summed E-state index contributed by atoms with van der Waals surface area (Å²) in [4.78, 5) is 12.4. The normalized spacial score (nSPS) is 24.9. The molecule has 0 radical (unpaired) electrons. The zero-order valence-electron chi connectivity index (χ0n) is 12.3. The van der Waals surface area contributed by atoms with Crippen LogP contribution in [0.25, 0.3) is 0 Å². The van der Waals surface area contributed by atoms with Crippen molar-refractivity contribution < 1.29 is 14.3 Å². The fourth-order valence-corrected chi connectivity index (χ4v) is 3.25. The van der Waals surface area contributed by atoms with Crippen molar-refractivity contribution in [2.75, 3.05) is 13.3 Å². The molecule has 0 bridgehead atoms. The standard InChI is InChI=1S/C16H22N2O3/c1-10(11-5-6-14-15(7-11)21-9-20-14)18-16(19)13-4-2-3-12(13)8-17/h5-7,10,12-13H,2-4,8-9,17H2,1H3,(H,18,19)/t10?,12-,13-/m1/s1. The van der Waals surface area contributed by atoms with Gasteiger partial charge in [-0.05, 0) is 49.9 Å². The van der Waals surface area contributed by atoms with Crippen molar-refractivity contribution >= 4 is 5.91 Å². The molecule has 3 N–H and O–H groups in total. The number of hydrogen-bond donors (Lipinski definition) is 2. The van der Waals surface area contributed by atoms with Gasteiger partial charge in [-0.25, -0.2) is 0 Å². The Balaban J connectivity index is 1.65. The molecule has 0 aromatic heterocycles. The van der Waals surface area contributed by atoms with Crippen LogP contribution >= 0.6 is 0 Å². The Bertz CT molecular complexity index is 532. The molecule has 3 rings (SSSR count). The van der Waals surface area contributed by atoms with E-state index in [0.29, 0.717) is 12.5 Å². The van der Waals surface area contributed by atoms with Gasteiger partial charge in [-0.2, -0.15) is 0 Å². The molecule has 1 saturated carbocycles. The van der Waals surface area contributed by atoms with Crippen LogP contribution in [-0.2, 0) is 4.79 Å². The highest BCUT2D eigenvalue weighted by Crippen LogP contribution is 2.35. The SMILES string of the molecule is CC(NC(=O)[C@@H]1CCC[C@@H]1CN)c1ccc2c(c1)OCO2. The van der Waals surface area contributed by atoms with Gasteiger partial charge in [-0.1, -0.05) is 12.5 Å². The van der Waals surface area contributed by atoms with Crippen molar-refractivity contribution in [1.29, 1.82) is 0 Å². The average molecular weight is 290 g/mol. The summed E-state index contributed by atoms with van der Waals surface area (Å²) < 4.78 is 10.7. The predicted octanol–water partition coefficient (Wildman–Crippen LogP) is 1.97. The summed E-state index contributed by atoms with van der Waals surface area (Å²) in [5.74, 6) is 2.01. The van der Waals surface area contributed by atoms with E-state index in [1.807, 2.05) is 25.1 Å². The Labute approximate surface area is 124 Å². The predicted molar refractivity (Wildman–Crippen MR) is 79.0 cm³/mol. The topological polar surface area (TPSA) is 73.6 Å². The van der Waals surface area contributed by atoms with Gasteiger partial charge in [0.1, 0.15) is 0 Å². The largest absolute Gasteiger partial charge is 0.454 e. The van der Waals surface area contributed by atoms with Gasteiger partial charge in [-0.3, -0.25) is 4.79 Å². The molecule has 2 aliphatic rings. The number of carbonyl (C=O) groups excluding carboxylic acids is 1. The first-order chi connectivity index (χ1) is 10.2. The lowest BCUT2D eigenvalue weighted by molar-refractivity contribution is -0.126. The molecule has 1 amide bonds. The van der Waals surface area contributed by atoms with E-state index in [1.165, 1.54) is 0 Å². The average Bonchev–Trinajstić information content (AvgIpc) is 3.14. The highest BCUT2D eigenvalue weighted by molar-refractivity contribution is 5.79. The summed E-state index contributed by atoms with van der Waals surface area (Å²) in [7, 11) is 0. The Morgan fingerprint density at radius 3 is 3.00 bits per heavy atom. The van der Waals surface area contributed by atoms with Crippen LogP contribution in [-0.4, -0.2) is 19.2 Å². The third kappa shape index (κ3) is 2.83. The quantitative estimate of drug-likeness (QED) is 0.889. The minimum Gasteiger partial charge on any atom is -0.454 e. The molecule has 1 aliphatic heterocycles. The first-order valence-electron chi connectivity index (χ1n) is 7.59. The molecule has 1 aromatic rings. The lowest BCUT2D eigenvalue weighted by Crippen LogP contribution is -2.36. The fraction of sp³-hybridized carbons (Fsp3) is 0.562. The van der Waals surface area contributed by atoms with Gasteiger partial charge in [0.05, 0.1) is 6.04 Å². The van der Waals surface area contributed by atoms with Gasteiger partial charge >= 0.3 is 0 Å². The molecule has 5 nitrogen and oxygen atoms in total. The molecule has 1 aromatic carbocycles. The van der Waals surface area contributed by atoms with E-state index in [2.05, 4.69) is 5.32 Å². The number of nitrogens with two attached hydrogens (primary N) is 1. The van der Waals surface area contributed by atoms with Gasteiger partial charge in [0.2, 0.25) is 12.7 Å². The number of amides is 1. The number of rotatable bonds is 4. The number of carbonyl (C=O) groups is 1. The molecule has 21 heavy (non-hydrogen) atoms. The number of ether oxygens (including phenoxy) is 2. The second-order valence-corrected chi connectivity index (χ2v) is 5.88. The minimum atomic E-state index is -0.0500. The molecule has 0 saturated heterocycles. The molecule has 5 heteroatoms. The third-order valence-corrected chi connectivity index (χ3v) is 4.55. The summed E-state index contributed by atoms with van der Waals surface area (Å²) in [5.41, 5.74) is 6.78. The highest BCUT2D eigenvalue weighted by atomic mass is 16.7. The van der Waals surface area contributed by atoms with Gasteiger partial charge in [0.25, 0.3) is 0 Å². The van der Waals surface area contributed by atoms with E-state index in [4.69, 9.17) is 15.2 Å². The lowest BCUT2D eigenvalue weighted by atomic mass is 9.94. The monoisotopic (exact) mass is 290 g/mol. The first-order valence-corrected chi connectivity index (χ1v) is 7.59. The zero-order chi connectivity index (χ0) is 14.8. The van der Waals surface area contributed by atoms with E-state index in [9.17, 15) is 4.79 Å². The number of nitrogens with one attached hydrogen (secondary N) is 1. The Kier molecular flexibility index (Phi) is 4.01. The number of benzene rings is 1.